The second-order valence-electron chi connectivity index (χ2n) is 3.46. The summed E-state index contributed by atoms with van der Waals surface area (Å²) >= 11 is 0. The van der Waals surface area contributed by atoms with Crippen molar-refractivity contribution < 1.29 is 19.4 Å². The molecule has 0 aliphatic rings. The van der Waals surface area contributed by atoms with Gasteiger partial charge in [0.1, 0.15) is 0 Å². The minimum absolute atomic E-state index is 0.0113. The fourth-order valence-corrected chi connectivity index (χ4v) is 0.921. The van der Waals surface area contributed by atoms with E-state index in [1.165, 1.54) is 7.11 Å². The summed E-state index contributed by atoms with van der Waals surface area (Å²) < 4.78 is 4.65. The third-order valence-corrected chi connectivity index (χ3v) is 1.64. The maximum atomic E-state index is 11.1. The van der Waals surface area contributed by atoms with E-state index in [1.807, 2.05) is 13.8 Å². The molecule has 0 spiro atoms. The van der Waals surface area contributed by atoms with Crippen LogP contribution in [-0.4, -0.2) is 36.7 Å². The van der Waals surface area contributed by atoms with E-state index in [4.69, 9.17) is 5.11 Å². The molecule has 0 saturated heterocycles. The molecule has 0 aromatic carbocycles. The predicted octanol–water partition coefficient (Wildman–Crippen LogP) is 0.248. The number of rotatable bonds is 6. The van der Waals surface area contributed by atoms with Crippen LogP contribution in [0.15, 0.2) is 0 Å². The third-order valence-electron chi connectivity index (χ3n) is 1.64. The van der Waals surface area contributed by atoms with Gasteiger partial charge in [-0.3, -0.25) is 4.79 Å². The summed E-state index contributed by atoms with van der Waals surface area (Å²) in [6.45, 7) is 3.85. The van der Waals surface area contributed by atoms with Crippen LogP contribution in [0.5, 0.6) is 0 Å². The number of hydrogen-bond donors (Lipinski definition) is 2. The lowest BCUT2D eigenvalue weighted by molar-refractivity contribution is -0.148. The van der Waals surface area contributed by atoms with Crippen molar-refractivity contribution in [2.45, 2.75) is 26.4 Å². The first-order valence-electron chi connectivity index (χ1n) is 4.49. The zero-order valence-corrected chi connectivity index (χ0v) is 8.74. The van der Waals surface area contributed by atoms with Crippen LogP contribution in [-0.2, 0) is 14.3 Å². The number of carbonyl (C=O) groups is 2. The van der Waals surface area contributed by atoms with Crippen molar-refractivity contribution in [3.8, 4) is 0 Å². The number of nitrogens with one attached hydrogen (secondary N) is 1. The molecule has 0 aromatic heterocycles. The lowest BCUT2D eigenvalue weighted by atomic mass is 10.1. The molecule has 1 atom stereocenters. The monoisotopic (exact) mass is 203 g/mol. The van der Waals surface area contributed by atoms with Gasteiger partial charge in [-0.2, -0.15) is 0 Å². The van der Waals surface area contributed by atoms with E-state index in [9.17, 15) is 9.59 Å². The number of methoxy groups -OCH3 is 1. The zero-order chi connectivity index (χ0) is 11.1. The number of hydrogen-bond acceptors (Lipinski definition) is 3. The molecule has 5 nitrogen and oxygen atoms in total. The van der Waals surface area contributed by atoms with Gasteiger partial charge in [0.15, 0.2) is 6.10 Å². The van der Waals surface area contributed by atoms with Crippen molar-refractivity contribution in [1.29, 1.82) is 0 Å². The van der Waals surface area contributed by atoms with Crippen molar-refractivity contribution in [3.63, 3.8) is 0 Å². The molecule has 0 aliphatic carbocycles. The normalized spacial score (nSPS) is 12.6. The van der Waals surface area contributed by atoms with E-state index in [-0.39, 0.29) is 18.4 Å². The molecule has 0 rings (SSSR count). The van der Waals surface area contributed by atoms with E-state index >= 15 is 0 Å². The maximum absolute atomic E-state index is 11.1. The Balaban J connectivity index is 3.80. The van der Waals surface area contributed by atoms with Gasteiger partial charge < -0.3 is 15.2 Å². The largest absolute Gasteiger partial charge is 0.479 e. The molecule has 82 valence electrons. The van der Waals surface area contributed by atoms with Crippen LogP contribution in [0.3, 0.4) is 0 Å². The molecule has 0 aromatic rings. The Bertz CT molecular complexity index is 203. The van der Waals surface area contributed by atoms with E-state index in [1.54, 1.807) is 0 Å². The molecular formula is C9H17NO4. The summed E-state index contributed by atoms with van der Waals surface area (Å²) in [6.07, 6.45) is -0.568. The van der Waals surface area contributed by atoms with Gasteiger partial charge in [0.2, 0.25) is 5.91 Å². The molecule has 0 fully saturated rings. The second-order valence-corrected chi connectivity index (χ2v) is 3.46. The Morgan fingerprint density at radius 3 is 2.36 bits per heavy atom. The zero-order valence-electron chi connectivity index (χ0n) is 8.74. The number of aliphatic carboxylic acids is 1. The quantitative estimate of drug-likeness (QED) is 0.648. The predicted molar refractivity (Wildman–Crippen MR) is 50.9 cm³/mol. The highest BCUT2D eigenvalue weighted by Crippen LogP contribution is 1.98. The smallest absolute Gasteiger partial charge is 0.334 e. The van der Waals surface area contributed by atoms with Gasteiger partial charge in [-0.25, -0.2) is 4.79 Å². The van der Waals surface area contributed by atoms with E-state index < -0.39 is 12.1 Å². The van der Waals surface area contributed by atoms with Gasteiger partial charge in [0, 0.05) is 13.5 Å². The van der Waals surface area contributed by atoms with Gasteiger partial charge in [-0.1, -0.05) is 13.8 Å². The Kier molecular flexibility index (Phi) is 5.87. The Labute approximate surface area is 83.4 Å². The summed E-state index contributed by atoms with van der Waals surface area (Å²) in [5.74, 6) is -0.957. The van der Waals surface area contributed by atoms with Crippen LogP contribution in [0.1, 0.15) is 20.3 Å². The molecule has 0 heterocycles. The van der Waals surface area contributed by atoms with Crippen LogP contribution < -0.4 is 5.32 Å². The average Bonchev–Trinajstić information content (AvgIpc) is 2.03. The van der Waals surface area contributed by atoms with Crippen molar-refractivity contribution in [2.24, 2.45) is 5.92 Å². The fraction of sp³-hybridized carbons (Fsp3) is 0.778. The number of carboxylic acid groups (broad SMARTS) is 1. The summed E-state index contributed by atoms with van der Waals surface area (Å²) in [5.41, 5.74) is 0. The molecule has 5 heteroatoms. The lowest BCUT2D eigenvalue weighted by Crippen LogP contribution is -2.38. The van der Waals surface area contributed by atoms with Crippen molar-refractivity contribution >= 4 is 11.9 Å². The highest BCUT2D eigenvalue weighted by molar-refractivity contribution is 5.78. The minimum atomic E-state index is -1.07. The first kappa shape index (κ1) is 12.9. The summed E-state index contributed by atoms with van der Waals surface area (Å²) in [6, 6.07) is 0. The maximum Gasteiger partial charge on any atom is 0.334 e. The van der Waals surface area contributed by atoms with Gasteiger partial charge in [-0.15, -0.1) is 0 Å². The van der Waals surface area contributed by atoms with Crippen LogP contribution in [0, 0.1) is 5.92 Å². The molecule has 0 saturated carbocycles. The molecule has 1 unspecified atom stereocenters. The molecule has 2 N–H and O–H groups in total. The SMILES string of the molecule is COC(CNC(=O)CC(C)C)C(=O)O. The van der Waals surface area contributed by atoms with Gasteiger partial charge >= 0.3 is 5.97 Å². The number of amides is 1. The van der Waals surface area contributed by atoms with E-state index in [2.05, 4.69) is 10.1 Å². The standard InChI is InChI=1S/C9H17NO4/c1-6(2)4-8(11)10-5-7(14-3)9(12)13/h6-7H,4-5H2,1-3H3,(H,10,11)(H,12,13). The molecular weight excluding hydrogens is 186 g/mol. The second kappa shape index (κ2) is 6.37. The van der Waals surface area contributed by atoms with Crippen molar-refractivity contribution in [2.75, 3.05) is 13.7 Å². The van der Waals surface area contributed by atoms with Crippen LogP contribution in [0.25, 0.3) is 0 Å². The summed E-state index contributed by atoms with van der Waals surface area (Å²) in [5, 5.41) is 11.1. The Morgan fingerprint density at radius 2 is 2.00 bits per heavy atom. The molecule has 0 radical (unpaired) electrons. The highest BCUT2D eigenvalue weighted by Gasteiger charge is 2.17. The van der Waals surface area contributed by atoms with E-state index in [0.29, 0.717) is 6.42 Å². The van der Waals surface area contributed by atoms with Gasteiger partial charge in [0.05, 0.1) is 6.54 Å². The average molecular weight is 203 g/mol. The molecule has 14 heavy (non-hydrogen) atoms. The van der Waals surface area contributed by atoms with Crippen molar-refractivity contribution in [1.82, 2.24) is 5.32 Å². The molecule has 0 bridgehead atoms. The first-order valence-corrected chi connectivity index (χ1v) is 4.49. The molecule has 1 amide bonds. The Morgan fingerprint density at radius 1 is 1.43 bits per heavy atom. The van der Waals surface area contributed by atoms with Crippen LogP contribution >= 0.6 is 0 Å². The lowest BCUT2D eigenvalue weighted by Gasteiger charge is -2.12. The first-order chi connectivity index (χ1) is 6.47. The van der Waals surface area contributed by atoms with Crippen LogP contribution in [0.2, 0.25) is 0 Å². The molecule has 0 aliphatic heterocycles. The Hall–Kier alpha value is -1.10. The number of carboxylic acids is 1. The third kappa shape index (κ3) is 5.53. The topological polar surface area (TPSA) is 75.6 Å². The van der Waals surface area contributed by atoms with Gasteiger partial charge in [-0.05, 0) is 5.92 Å². The van der Waals surface area contributed by atoms with E-state index in [0.717, 1.165) is 0 Å². The fourth-order valence-electron chi connectivity index (χ4n) is 0.921. The van der Waals surface area contributed by atoms with Gasteiger partial charge in [0.25, 0.3) is 0 Å². The minimum Gasteiger partial charge on any atom is -0.479 e. The van der Waals surface area contributed by atoms with Crippen molar-refractivity contribution in [3.05, 3.63) is 0 Å². The highest BCUT2D eigenvalue weighted by atomic mass is 16.5. The number of carbonyl (C=O) groups excluding carboxylic acids is 1. The number of ether oxygens (including phenoxy) is 1. The summed E-state index contributed by atoms with van der Waals surface area (Å²) in [4.78, 5) is 21.6. The summed E-state index contributed by atoms with van der Waals surface area (Å²) in [7, 11) is 1.30. The van der Waals surface area contributed by atoms with Crippen LogP contribution in [0.4, 0.5) is 0 Å².